The van der Waals surface area contributed by atoms with Gasteiger partial charge in [0.2, 0.25) is 0 Å². The first-order chi connectivity index (χ1) is 7.83. The minimum atomic E-state index is -0.287. The van der Waals surface area contributed by atoms with Crippen molar-refractivity contribution < 1.29 is 13.9 Å². The Morgan fingerprint density at radius 1 is 1.25 bits per heavy atom. The van der Waals surface area contributed by atoms with Crippen molar-refractivity contribution >= 4 is 16.8 Å². The number of benzene rings is 1. The van der Waals surface area contributed by atoms with Crippen LogP contribution in [0.15, 0.2) is 47.1 Å². The van der Waals surface area contributed by atoms with Crippen molar-refractivity contribution in [3.63, 3.8) is 0 Å². The van der Waals surface area contributed by atoms with Crippen LogP contribution in [-0.2, 0) is 9.53 Å². The van der Waals surface area contributed by atoms with Crippen molar-refractivity contribution in [3.8, 4) is 0 Å². The predicted octanol–water partition coefficient (Wildman–Crippen LogP) is 2.98. The zero-order chi connectivity index (χ0) is 11.0. The summed E-state index contributed by atoms with van der Waals surface area (Å²) >= 11 is 0. The fourth-order valence-corrected chi connectivity index (χ4v) is 1.84. The molecular formula is C13H10O3. The maximum absolute atomic E-state index is 11.3. The summed E-state index contributed by atoms with van der Waals surface area (Å²) in [6.07, 6.45) is 2.93. The van der Waals surface area contributed by atoms with E-state index in [2.05, 4.69) is 0 Å². The molecule has 0 saturated heterocycles. The normalized spacial score (nSPS) is 20.0. The Hall–Kier alpha value is -2.03. The molecule has 0 spiro atoms. The van der Waals surface area contributed by atoms with E-state index in [1.807, 2.05) is 30.3 Å². The van der Waals surface area contributed by atoms with Crippen LogP contribution < -0.4 is 0 Å². The number of ether oxygens (including phenoxy) is 1. The van der Waals surface area contributed by atoms with Crippen molar-refractivity contribution in [2.24, 2.45) is 0 Å². The molecule has 0 bridgehead atoms. The zero-order valence-electron chi connectivity index (χ0n) is 8.55. The lowest BCUT2D eigenvalue weighted by molar-refractivity contribution is -0.118. The van der Waals surface area contributed by atoms with E-state index in [4.69, 9.17) is 9.15 Å². The molecule has 3 nitrogen and oxygen atoms in total. The average Bonchev–Trinajstić information content (AvgIpc) is 2.72. The molecular weight excluding hydrogens is 204 g/mol. The molecule has 1 aromatic heterocycles. The molecule has 0 saturated carbocycles. The summed E-state index contributed by atoms with van der Waals surface area (Å²) < 4.78 is 11.0. The van der Waals surface area contributed by atoms with Crippen LogP contribution in [0.2, 0.25) is 0 Å². The molecule has 16 heavy (non-hydrogen) atoms. The van der Waals surface area contributed by atoms with Gasteiger partial charge in [-0.05, 0) is 12.1 Å². The maximum Gasteiger partial charge on any atom is 0.162 e. The highest BCUT2D eigenvalue weighted by Crippen LogP contribution is 2.30. The van der Waals surface area contributed by atoms with E-state index in [9.17, 15) is 4.79 Å². The van der Waals surface area contributed by atoms with Crippen molar-refractivity contribution in [2.45, 2.75) is 12.5 Å². The lowest BCUT2D eigenvalue weighted by atomic mass is 10.1. The van der Waals surface area contributed by atoms with Gasteiger partial charge in [-0.1, -0.05) is 18.2 Å². The van der Waals surface area contributed by atoms with Gasteiger partial charge in [-0.25, -0.2) is 0 Å². The van der Waals surface area contributed by atoms with Crippen LogP contribution in [0.5, 0.6) is 0 Å². The Kier molecular flexibility index (Phi) is 2.03. The molecule has 1 aliphatic heterocycles. The Morgan fingerprint density at radius 3 is 2.94 bits per heavy atom. The Bertz CT molecular complexity index is 532. The quantitative estimate of drug-likeness (QED) is 0.732. The van der Waals surface area contributed by atoms with E-state index < -0.39 is 0 Å². The molecule has 3 heteroatoms. The molecule has 0 radical (unpaired) electrons. The van der Waals surface area contributed by atoms with Crippen LogP contribution in [0.4, 0.5) is 0 Å². The van der Waals surface area contributed by atoms with Gasteiger partial charge < -0.3 is 9.15 Å². The van der Waals surface area contributed by atoms with E-state index in [0.717, 1.165) is 11.0 Å². The molecule has 1 unspecified atom stereocenters. The third kappa shape index (κ3) is 1.50. The number of rotatable bonds is 1. The van der Waals surface area contributed by atoms with Crippen LogP contribution in [-0.4, -0.2) is 5.78 Å². The summed E-state index contributed by atoms with van der Waals surface area (Å²) in [5, 5.41) is 1.03. The number of para-hydroxylation sites is 1. The molecule has 0 amide bonds. The Morgan fingerprint density at radius 2 is 2.12 bits per heavy atom. The van der Waals surface area contributed by atoms with Gasteiger partial charge in [0, 0.05) is 11.5 Å². The summed E-state index contributed by atoms with van der Waals surface area (Å²) in [5.74, 6) is 0.774. The minimum Gasteiger partial charge on any atom is -0.489 e. The highest BCUT2D eigenvalue weighted by Gasteiger charge is 2.22. The summed E-state index contributed by atoms with van der Waals surface area (Å²) in [6, 6.07) is 9.67. The number of allylic oxidation sites excluding steroid dienone is 1. The van der Waals surface area contributed by atoms with E-state index in [0.29, 0.717) is 12.2 Å². The molecule has 0 N–H and O–H groups in total. The summed E-state index contributed by atoms with van der Waals surface area (Å²) in [4.78, 5) is 11.3. The summed E-state index contributed by atoms with van der Waals surface area (Å²) in [6.45, 7) is 0. The Labute approximate surface area is 92.3 Å². The Balaban J connectivity index is 2.00. The number of fused-ring (bicyclic) bond motifs is 1. The highest BCUT2D eigenvalue weighted by molar-refractivity contribution is 5.90. The lowest BCUT2D eigenvalue weighted by Gasteiger charge is -2.15. The monoisotopic (exact) mass is 214 g/mol. The predicted molar refractivity (Wildman–Crippen MR) is 58.8 cm³/mol. The molecule has 2 heterocycles. The number of carbonyl (C=O) groups is 1. The van der Waals surface area contributed by atoms with E-state index in [-0.39, 0.29) is 11.9 Å². The zero-order valence-corrected chi connectivity index (χ0v) is 8.55. The van der Waals surface area contributed by atoms with Gasteiger partial charge in [0.25, 0.3) is 0 Å². The third-order valence-electron chi connectivity index (χ3n) is 2.65. The standard InChI is InChI=1S/C13H10O3/c14-10-5-6-15-12(8-10)13-7-9-3-1-2-4-11(9)16-13/h1-7,12H,8H2. The average molecular weight is 214 g/mol. The molecule has 2 aromatic rings. The van der Waals surface area contributed by atoms with Crippen molar-refractivity contribution in [2.75, 3.05) is 0 Å². The molecule has 1 aromatic carbocycles. The molecule has 3 rings (SSSR count). The smallest absolute Gasteiger partial charge is 0.162 e. The van der Waals surface area contributed by atoms with Crippen LogP contribution in [0, 0.1) is 0 Å². The van der Waals surface area contributed by atoms with Crippen molar-refractivity contribution in [3.05, 3.63) is 48.4 Å². The van der Waals surface area contributed by atoms with Gasteiger partial charge in [-0.3, -0.25) is 4.79 Å². The van der Waals surface area contributed by atoms with Crippen LogP contribution >= 0.6 is 0 Å². The van der Waals surface area contributed by atoms with E-state index in [1.54, 1.807) is 0 Å². The fourth-order valence-electron chi connectivity index (χ4n) is 1.84. The second kappa shape index (κ2) is 3.52. The van der Waals surface area contributed by atoms with E-state index in [1.165, 1.54) is 12.3 Å². The number of furan rings is 1. The lowest BCUT2D eigenvalue weighted by Crippen LogP contribution is -2.10. The van der Waals surface area contributed by atoms with Crippen LogP contribution in [0.1, 0.15) is 18.3 Å². The molecule has 1 atom stereocenters. The summed E-state index contributed by atoms with van der Waals surface area (Å²) in [5.41, 5.74) is 0.822. The first-order valence-corrected chi connectivity index (χ1v) is 5.16. The number of hydrogen-bond donors (Lipinski definition) is 0. The number of carbonyl (C=O) groups excluding carboxylic acids is 1. The van der Waals surface area contributed by atoms with Gasteiger partial charge in [0.1, 0.15) is 11.3 Å². The largest absolute Gasteiger partial charge is 0.489 e. The second-order valence-electron chi connectivity index (χ2n) is 3.78. The molecule has 0 aliphatic carbocycles. The van der Waals surface area contributed by atoms with Crippen LogP contribution in [0.3, 0.4) is 0 Å². The van der Waals surface area contributed by atoms with Gasteiger partial charge >= 0.3 is 0 Å². The van der Waals surface area contributed by atoms with Crippen molar-refractivity contribution in [1.82, 2.24) is 0 Å². The highest BCUT2D eigenvalue weighted by atomic mass is 16.5. The first-order valence-electron chi connectivity index (χ1n) is 5.16. The fraction of sp³-hybridized carbons (Fsp3) is 0.154. The molecule has 80 valence electrons. The van der Waals surface area contributed by atoms with Gasteiger partial charge in [-0.15, -0.1) is 0 Å². The maximum atomic E-state index is 11.3. The van der Waals surface area contributed by atoms with Gasteiger partial charge in [0.05, 0.1) is 12.7 Å². The molecule has 0 fully saturated rings. The first kappa shape index (κ1) is 9.21. The van der Waals surface area contributed by atoms with Gasteiger partial charge in [-0.2, -0.15) is 0 Å². The van der Waals surface area contributed by atoms with Crippen LogP contribution in [0.25, 0.3) is 11.0 Å². The molecule has 1 aliphatic rings. The number of hydrogen-bond acceptors (Lipinski definition) is 3. The topological polar surface area (TPSA) is 39.4 Å². The van der Waals surface area contributed by atoms with Crippen molar-refractivity contribution in [1.29, 1.82) is 0 Å². The van der Waals surface area contributed by atoms with Gasteiger partial charge in [0.15, 0.2) is 11.9 Å². The SMILES string of the molecule is O=C1C=COC(c2cc3ccccc3o2)C1. The third-order valence-corrected chi connectivity index (χ3v) is 2.65. The second-order valence-corrected chi connectivity index (χ2v) is 3.78. The van der Waals surface area contributed by atoms with E-state index >= 15 is 0 Å². The number of ketones is 1. The summed E-state index contributed by atoms with van der Waals surface area (Å²) in [7, 11) is 0. The minimum absolute atomic E-state index is 0.0664.